The van der Waals surface area contributed by atoms with Gasteiger partial charge in [0.05, 0.1) is 22.3 Å². The van der Waals surface area contributed by atoms with Gasteiger partial charge in [-0.15, -0.1) is 11.6 Å². The van der Waals surface area contributed by atoms with Crippen LogP contribution in [0, 0.1) is 0 Å². The predicted octanol–water partition coefficient (Wildman–Crippen LogP) is 2.99. The predicted molar refractivity (Wildman–Crippen MR) is 72.1 cm³/mol. The average molecular weight is 259 g/mol. The molecule has 1 rings (SSSR count). The van der Waals surface area contributed by atoms with Crippen molar-refractivity contribution >= 4 is 24.9 Å². The highest BCUT2D eigenvalue weighted by atomic mass is 35.5. The molecule has 0 radical (unpaired) electrons. The summed E-state index contributed by atoms with van der Waals surface area (Å²) < 4.78 is 10.8. The van der Waals surface area contributed by atoms with Crippen LogP contribution in [0.15, 0.2) is 12.1 Å². The molecule has 0 saturated heterocycles. The zero-order valence-electron chi connectivity index (χ0n) is 10.6. The molecule has 0 fully saturated rings. The molecule has 0 atom stereocenters. The number of rotatable bonds is 4. The van der Waals surface area contributed by atoms with E-state index in [1.807, 2.05) is 12.1 Å². The van der Waals surface area contributed by atoms with E-state index in [4.69, 9.17) is 21.1 Å². The highest BCUT2D eigenvalue weighted by molar-refractivity contribution is 6.89. The van der Waals surface area contributed by atoms with Gasteiger partial charge in [0.1, 0.15) is 0 Å². The minimum atomic E-state index is -1.50. The topological polar surface area (TPSA) is 18.5 Å². The van der Waals surface area contributed by atoms with Crippen molar-refractivity contribution in [3.63, 3.8) is 0 Å². The van der Waals surface area contributed by atoms with Crippen LogP contribution in [0.2, 0.25) is 19.6 Å². The first kappa shape index (κ1) is 13.4. The van der Waals surface area contributed by atoms with Crippen molar-refractivity contribution in [1.29, 1.82) is 0 Å². The van der Waals surface area contributed by atoms with E-state index in [9.17, 15) is 0 Å². The Morgan fingerprint density at radius 3 is 2.12 bits per heavy atom. The molecule has 0 amide bonds. The molecule has 0 heterocycles. The monoisotopic (exact) mass is 258 g/mol. The fraction of sp³-hybridized carbons (Fsp3) is 0.500. The van der Waals surface area contributed by atoms with Crippen LogP contribution >= 0.6 is 11.6 Å². The summed E-state index contributed by atoms with van der Waals surface area (Å²) in [4.78, 5) is 0. The Balaban J connectivity index is 3.49. The lowest BCUT2D eigenvalue weighted by atomic mass is 10.2. The summed E-state index contributed by atoms with van der Waals surface area (Å²) in [6, 6.07) is 3.95. The summed E-state index contributed by atoms with van der Waals surface area (Å²) >= 11 is 5.99. The van der Waals surface area contributed by atoms with Crippen LogP contribution < -0.4 is 14.7 Å². The summed E-state index contributed by atoms with van der Waals surface area (Å²) in [5.41, 5.74) is 1.15. The summed E-state index contributed by atoms with van der Waals surface area (Å²) in [6.07, 6.45) is 0. The van der Waals surface area contributed by atoms with Gasteiger partial charge in [-0.3, -0.25) is 0 Å². The Morgan fingerprint density at radius 1 is 1.12 bits per heavy atom. The molecule has 0 unspecified atom stereocenters. The van der Waals surface area contributed by atoms with E-state index < -0.39 is 8.07 Å². The molecular formula is C12H19ClO2Si. The van der Waals surface area contributed by atoms with Gasteiger partial charge >= 0.3 is 0 Å². The quantitative estimate of drug-likeness (QED) is 0.611. The van der Waals surface area contributed by atoms with Gasteiger partial charge in [-0.1, -0.05) is 25.7 Å². The fourth-order valence-electron chi connectivity index (χ4n) is 1.90. The molecule has 0 aliphatic rings. The summed E-state index contributed by atoms with van der Waals surface area (Å²) in [6.45, 7) is 6.83. The van der Waals surface area contributed by atoms with Crippen LogP contribution in [-0.4, -0.2) is 22.3 Å². The Kier molecular flexibility index (Phi) is 4.27. The molecule has 0 N–H and O–H groups in total. The van der Waals surface area contributed by atoms with Crippen LogP contribution in [0.3, 0.4) is 0 Å². The third-order valence-electron chi connectivity index (χ3n) is 2.53. The lowest BCUT2D eigenvalue weighted by molar-refractivity contribution is 0.357. The standard InChI is InChI=1S/C12H19ClO2Si/c1-14-10-7-6-9(8-13)12(11(10)15-2)16(3,4)5/h6-7H,8H2,1-5H3. The van der Waals surface area contributed by atoms with Crippen molar-refractivity contribution in [2.75, 3.05) is 14.2 Å². The number of alkyl halides is 1. The molecule has 0 bridgehead atoms. The van der Waals surface area contributed by atoms with Gasteiger partial charge in [0, 0.05) is 5.88 Å². The summed E-state index contributed by atoms with van der Waals surface area (Å²) in [5, 5.41) is 1.25. The molecule has 16 heavy (non-hydrogen) atoms. The van der Waals surface area contributed by atoms with Crippen LogP contribution in [0.1, 0.15) is 5.56 Å². The molecule has 0 aromatic heterocycles. The number of hydrogen-bond donors (Lipinski definition) is 0. The molecule has 0 spiro atoms. The van der Waals surface area contributed by atoms with Crippen LogP contribution in [0.25, 0.3) is 0 Å². The maximum atomic E-state index is 5.99. The molecule has 4 heteroatoms. The highest BCUT2D eigenvalue weighted by Gasteiger charge is 2.26. The Hall–Kier alpha value is -0.673. The third kappa shape index (κ3) is 2.52. The lowest BCUT2D eigenvalue weighted by Crippen LogP contribution is -2.41. The van der Waals surface area contributed by atoms with Crippen molar-refractivity contribution in [3.05, 3.63) is 17.7 Å². The van der Waals surface area contributed by atoms with Crippen LogP contribution in [0.4, 0.5) is 0 Å². The second kappa shape index (κ2) is 5.10. The maximum absolute atomic E-state index is 5.99. The molecular weight excluding hydrogens is 240 g/mol. The van der Waals surface area contributed by atoms with Gasteiger partial charge in [0.15, 0.2) is 11.5 Å². The minimum absolute atomic E-state index is 0.514. The van der Waals surface area contributed by atoms with Gasteiger partial charge in [-0.05, 0) is 16.8 Å². The molecule has 1 aromatic carbocycles. The van der Waals surface area contributed by atoms with E-state index in [-0.39, 0.29) is 0 Å². The summed E-state index contributed by atoms with van der Waals surface area (Å²) in [5.74, 6) is 2.15. The first-order chi connectivity index (χ1) is 7.45. The summed E-state index contributed by atoms with van der Waals surface area (Å²) in [7, 11) is 1.84. The molecule has 1 aromatic rings. The van der Waals surface area contributed by atoms with Gasteiger partial charge < -0.3 is 9.47 Å². The third-order valence-corrected chi connectivity index (χ3v) is 4.86. The van der Waals surface area contributed by atoms with E-state index in [1.165, 1.54) is 5.19 Å². The largest absolute Gasteiger partial charge is 0.493 e. The van der Waals surface area contributed by atoms with E-state index in [1.54, 1.807) is 14.2 Å². The van der Waals surface area contributed by atoms with Crippen LogP contribution in [0.5, 0.6) is 11.5 Å². The first-order valence-corrected chi connectivity index (χ1v) is 9.29. The van der Waals surface area contributed by atoms with Gasteiger partial charge in [0.25, 0.3) is 0 Å². The zero-order valence-corrected chi connectivity index (χ0v) is 12.3. The van der Waals surface area contributed by atoms with Crippen molar-refractivity contribution < 1.29 is 9.47 Å². The molecule has 0 aliphatic heterocycles. The number of ether oxygens (including phenoxy) is 2. The lowest BCUT2D eigenvalue weighted by Gasteiger charge is -2.24. The maximum Gasteiger partial charge on any atom is 0.160 e. The smallest absolute Gasteiger partial charge is 0.160 e. The molecule has 2 nitrogen and oxygen atoms in total. The van der Waals surface area contributed by atoms with Crippen molar-refractivity contribution in [2.45, 2.75) is 25.5 Å². The SMILES string of the molecule is COc1ccc(CCl)c([Si](C)(C)C)c1OC. The number of hydrogen-bond acceptors (Lipinski definition) is 2. The minimum Gasteiger partial charge on any atom is -0.493 e. The highest BCUT2D eigenvalue weighted by Crippen LogP contribution is 2.29. The van der Waals surface area contributed by atoms with E-state index in [2.05, 4.69) is 19.6 Å². The average Bonchev–Trinajstić information content (AvgIpc) is 2.25. The first-order valence-electron chi connectivity index (χ1n) is 5.26. The van der Waals surface area contributed by atoms with E-state index in [0.29, 0.717) is 5.88 Å². The van der Waals surface area contributed by atoms with Crippen LogP contribution in [-0.2, 0) is 5.88 Å². The van der Waals surface area contributed by atoms with E-state index >= 15 is 0 Å². The van der Waals surface area contributed by atoms with Crippen molar-refractivity contribution in [1.82, 2.24) is 0 Å². The van der Waals surface area contributed by atoms with Gasteiger partial charge in [-0.25, -0.2) is 0 Å². The fourth-order valence-corrected chi connectivity index (χ4v) is 4.28. The Morgan fingerprint density at radius 2 is 1.75 bits per heavy atom. The second-order valence-corrected chi connectivity index (χ2v) is 9.99. The molecule has 0 saturated carbocycles. The number of halogens is 1. The zero-order chi connectivity index (χ0) is 12.3. The normalized spacial score (nSPS) is 11.4. The van der Waals surface area contributed by atoms with Crippen molar-refractivity contribution in [3.8, 4) is 11.5 Å². The van der Waals surface area contributed by atoms with Gasteiger partial charge in [-0.2, -0.15) is 0 Å². The Labute approximate surface area is 104 Å². The number of benzene rings is 1. The molecule has 90 valence electrons. The van der Waals surface area contributed by atoms with Gasteiger partial charge in [0.2, 0.25) is 0 Å². The van der Waals surface area contributed by atoms with E-state index in [0.717, 1.165) is 17.1 Å². The second-order valence-electron chi connectivity index (χ2n) is 4.72. The molecule has 0 aliphatic carbocycles. The number of methoxy groups -OCH3 is 2. The van der Waals surface area contributed by atoms with Crippen molar-refractivity contribution in [2.24, 2.45) is 0 Å². The Bertz CT molecular complexity index is 372.